The molecule has 0 spiro atoms. The van der Waals surface area contributed by atoms with Crippen molar-refractivity contribution in [1.82, 2.24) is 10.6 Å². The number of ether oxygens (including phenoxy) is 1. The summed E-state index contributed by atoms with van der Waals surface area (Å²) < 4.78 is 18.6. The number of hydrogen-bond donors (Lipinski definition) is 2. The first-order valence-corrected chi connectivity index (χ1v) is 9.21. The molecular weight excluding hydrogens is 357 g/mol. The van der Waals surface area contributed by atoms with Gasteiger partial charge in [-0.05, 0) is 44.2 Å². The minimum absolute atomic E-state index is 0.0110. The van der Waals surface area contributed by atoms with Crippen molar-refractivity contribution in [2.75, 3.05) is 6.61 Å². The molecule has 5 nitrogen and oxygen atoms in total. The van der Waals surface area contributed by atoms with E-state index < -0.39 is 5.82 Å². The van der Waals surface area contributed by atoms with Gasteiger partial charge in [0.05, 0.1) is 23.6 Å². The molecule has 1 aromatic rings. The highest BCUT2D eigenvalue weighted by Crippen LogP contribution is 2.33. The number of benzene rings is 1. The number of halogens is 2. The van der Waals surface area contributed by atoms with E-state index >= 15 is 0 Å². The van der Waals surface area contributed by atoms with E-state index in [9.17, 15) is 9.18 Å². The number of nitrogens with zero attached hydrogens (tertiary/aromatic N) is 1. The maximum absolute atomic E-state index is 13.5. The van der Waals surface area contributed by atoms with Gasteiger partial charge in [-0.1, -0.05) is 23.7 Å². The number of rotatable bonds is 5. The van der Waals surface area contributed by atoms with Crippen LogP contribution in [0.4, 0.5) is 4.39 Å². The number of carbonyl (C=O) groups excluding carboxylic acids is 1. The van der Waals surface area contributed by atoms with E-state index in [1.165, 1.54) is 6.07 Å². The molecule has 140 valence electrons. The van der Waals surface area contributed by atoms with Crippen LogP contribution in [0.2, 0.25) is 5.02 Å². The number of hydrogen-bond acceptors (Lipinski definition) is 5. The predicted molar refractivity (Wildman–Crippen MR) is 99.5 cm³/mol. The van der Waals surface area contributed by atoms with Gasteiger partial charge in [0.25, 0.3) is 0 Å². The van der Waals surface area contributed by atoms with Crippen LogP contribution >= 0.6 is 11.6 Å². The van der Waals surface area contributed by atoms with E-state index in [1.54, 1.807) is 19.1 Å². The maximum atomic E-state index is 13.5. The number of aliphatic imine (C=N–C) groups is 1. The molecule has 2 heterocycles. The first kappa shape index (κ1) is 18.9. The zero-order chi connectivity index (χ0) is 18.7. The van der Waals surface area contributed by atoms with Gasteiger partial charge >= 0.3 is 5.97 Å². The van der Waals surface area contributed by atoms with Gasteiger partial charge in [0.2, 0.25) is 0 Å². The Labute approximate surface area is 157 Å². The quantitative estimate of drug-likeness (QED) is 0.771. The molecule has 0 saturated heterocycles. The van der Waals surface area contributed by atoms with Crippen LogP contribution in [0.25, 0.3) is 0 Å². The second kappa shape index (κ2) is 8.18. The highest BCUT2D eigenvalue weighted by molar-refractivity contribution is 6.30. The standard InChI is InChI=1S/C19H23ClFN3O2/c1-3-26-19(25)11(2)18-23-10-16(24-18)13-5-4-8-22-17(13)12-6-7-15(21)14(20)9-12/h4,6-11,13,16-18,22,24H,3,5H2,1-2H3. The molecule has 1 aromatic carbocycles. The zero-order valence-electron chi connectivity index (χ0n) is 14.8. The summed E-state index contributed by atoms with van der Waals surface area (Å²) in [6.45, 7) is 3.95. The summed E-state index contributed by atoms with van der Waals surface area (Å²) in [6.07, 6.45) is 6.36. The van der Waals surface area contributed by atoms with Gasteiger partial charge in [-0.3, -0.25) is 15.1 Å². The zero-order valence-corrected chi connectivity index (χ0v) is 15.5. The molecule has 0 bridgehead atoms. The smallest absolute Gasteiger partial charge is 0.312 e. The van der Waals surface area contributed by atoms with Gasteiger partial charge < -0.3 is 10.1 Å². The maximum Gasteiger partial charge on any atom is 0.312 e. The van der Waals surface area contributed by atoms with Gasteiger partial charge in [0, 0.05) is 18.2 Å². The largest absolute Gasteiger partial charge is 0.466 e. The summed E-state index contributed by atoms with van der Waals surface area (Å²) in [6, 6.07) is 4.75. The van der Waals surface area contributed by atoms with Crippen molar-refractivity contribution in [3.8, 4) is 0 Å². The van der Waals surface area contributed by atoms with Crippen LogP contribution < -0.4 is 10.6 Å². The normalized spacial score (nSPS) is 28.6. The molecule has 0 radical (unpaired) electrons. The summed E-state index contributed by atoms with van der Waals surface area (Å²) in [5, 5.41) is 6.87. The Kier molecular flexibility index (Phi) is 5.94. The summed E-state index contributed by atoms with van der Waals surface area (Å²) in [7, 11) is 0. The third-order valence-corrected chi connectivity index (χ3v) is 5.19. The first-order valence-electron chi connectivity index (χ1n) is 8.83. The van der Waals surface area contributed by atoms with Crippen LogP contribution in [0.3, 0.4) is 0 Å². The number of allylic oxidation sites excluding steroid dienone is 1. The molecule has 26 heavy (non-hydrogen) atoms. The number of nitrogens with one attached hydrogen (secondary N) is 2. The molecule has 2 aliphatic rings. The van der Waals surface area contributed by atoms with Crippen molar-refractivity contribution in [1.29, 1.82) is 0 Å². The third-order valence-electron chi connectivity index (χ3n) is 4.90. The van der Waals surface area contributed by atoms with Crippen molar-refractivity contribution in [3.05, 3.63) is 46.9 Å². The van der Waals surface area contributed by atoms with Crippen LogP contribution in [0.15, 0.2) is 35.5 Å². The lowest BCUT2D eigenvalue weighted by Crippen LogP contribution is -2.46. The molecule has 7 heteroatoms. The van der Waals surface area contributed by atoms with Gasteiger partial charge in [0.15, 0.2) is 0 Å². The summed E-state index contributed by atoms with van der Waals surface area (Å²) in [5.41, 5.74) is 0.919. The number of carbonyl (C=O) groups is 1. The lowest BCUT2D eigenvalue weighted by Gasteiger charge is -2.34. The van der Waals surface area contributed by atoms with E-state index in [0.717, 1.165) is 12.0 Å². The average molecular weight is 380 g/mol. The van der Waals surface area contributed by atoms with Gasteiger partial charge in [-0.2, -0.15) is 0 Å². The molecule has 0 aliphatic carbocycles. The summed E-state index contributed by atoms with van der Waals surface area (Å²) >= 11 is 5.96. The molecular formula is C19H23ClFN3O2. The summed E-state index contributed by atoms with van der Waals surface area (Å²) in [5.74, 6) is -0.889. The predicted octanol–water partition coefficient (Wildman–Crippen LogP) is 3.21. The first-order chi connectivity index (χ1) is 12.5. The van der Waals surface area contributed by atoms with Gasteiger partial charge in [-0.25, -0.2) is 4.39 Å². The minimum atomic E-state index is -0.429. The second-order valence-corrected chi connectivity index (χ2v) is 7.00. The fourth-order valence-electron chi connectivity index (χ4n) is 3.44. The second-order valence-electron chi connectivity index (χ2n) is 6.60. The molecule has 5 atom stereocenters. The lowest BCUT2D eigenvalue weighted by molar-refractivity contribution is -0.148. The topological polar surface area (TPSA) is 62.7 Å². The fraction of sp³-hybridized carbons (Fsp3) is 0.474. The molecule has 0 amide bonds. The van der Waals surface area contributed by atoms with Crippen molar-refractivity contribution in [3.63, 3.8) is 0 Å². The molecule has 5 unspecified atom stereocenters. The Balaban J connectivity index is 1.73. The Morgan fingerprint density at radius 3 is 3.04 bits per heavy atom. The SMILES string of the molecule is CCOC(=O)C(C)C1N=CC(C2CC=CNC2c2ccc(F)c(Cl)c2)N1. The van der Waals surface area contributed by atoms with Crippen LogP contribution in [-0.4, -0.2) is 31.0 Å². The van der Waals surface area contributed by atoms with Crippen molar-refractivity contribution >= 4 is 23.8 Å². The Morgan fingerprint density at radius 1 is 1.50 bits per heavy atom. The Bertz CT molecular complexity index is 725. The molecule has 2 aliphatic heterocycles. The lowest BCUT2D eigenvalue weighted by atomic mass is 9.83. The van der Waals surface area contributed by atoms with E-state index in [-0.39, 0.29) is 41.1 Å². The van der Waals surface area contributed by atoms with E-state index in [0.29, 0.717) is 6.61 Å². The average Bonchev–Trinajstić information content (AvgIpc) is 3.13. The van der Waals surface area contributed by atoms with Crippen molar-refractivity contribution in [2.45, 2.75) is 38.5 Å². The molecule has 2 N–H and O–H groups in total. The van der Waals surface area contributed by atoms with Crippen LogP contribution in [-0.2, 0) is 9.53 Å². The molecule has 3 rings (SSSR count). The van der Waals surface area contributed by atoms with Crippen LogP contribution in [0, 0.1) is 17.7 Å². The molecule has 0 saturated carbocycles. The van der Waals surface area contributed by atoms with E-state index in [4.69, 9.17) is 16.3 Å². The highest BCUT2D eigenvalue weighted by atomic mass is 35.5. The Hall–Kier alpha value is -1.92. The van der Waals surface area contributed by atoms with Crippen LogP contribution in [0.5, 0.6) is 0 Å². The fourth-order valence-corrected chi connectivity index (χ4v) is 3.63. The van der Waals surface area contributed by atoms with Crippen LogP contribution in [0.1, 0.15) is 31.9 Å². The monoisotopic (exact) mass is 379 g/mol. The van der Waals surface area contributed by atoms with Gasteiger partial charge in [0.1, 0.15) is 12.0 Å². The minimum Gasteiger partial charge on any atom is -0.466 e. The summed E-state index contributed by atoms with van der Waals surface area (Å²) in [4.78, 5) is 16.4. The molecule has 0 fully saturated rings. The molecule has 0 aromatic heterocycles. The third kappa shape index (κ3) is 3.91. The van der Waals surface area contributed by atoms with Gasteiger partial charge in [-0.15, -0.1) is 0 Å². The number of esters is 1. The van der Waals surface area contributed by atoms with E-state index in [1.807, 2.05) is 19.3 Å². The highest BCUT2D eigenvalue weighted by Gasteiger charge is 2.37. The Morgan fingerprint density at radius 2 is 2.31 bits per heavy atom. The van der Waals surface area contributed by atoms with E-state index in [2.05, 4.69) is 21.7 Å². The van der Waals surface area contributed by atoms with Crippen molar-refractivity contribution in [2.24, 2.45) is 16.8 Å². The van der Waals surface area contributed by atoms with Crippen molar-refractivity contribution < 1.29 is 13.9 Å².